The molecule has 0 spiro atoms. The standard InChI is InChI=1S/C23H31N3O5/c1-15(2)12-25(13-16(3)4)20(28)14-31-22(30)23-11-10-19(27)26(23)18-9-7-6-8-17(18)21(29)24(23)5/h6-9,15-16H,10-14H2,1-5H3/t23-/m1/s1. The first-order valence-electron chi connectivity index (χ1n) is 10.7. The highest BCUT2D eigenvalue weighted by molar-refractivity contribution is 6.15. The van der Waals surface area contributed by atoms with Crippen LogP contribution in [0, 0.1) is 11.8 Å². The number of para-hydroxylation sites is 1. The van der Waals surface area contributed by atoms with Crippen LogP contribution in [0.3, 0.4) is 0 Å². The van der Waals surface area contributed by atoms with Crippen LogP contribution in [-0.4, -0.2) is 65.9 Å². The fourth-order valence-electron chi connectivity index (χ4n) is 4.38. The fourth-order valence-corrected chi connectivity index (χ4v) is 4.38. The average Bonchev–Trinajstić information content (AvgIpc) is 3.07. The molecule has 31 heavy (non-hydrogen) atoms. The minimum absolute atomic E-state index is 0.113. The van der Waals surface area contributed by atoms with Crippen molar-refractivity contribution in [3.05, 3.63) is 29.8 Å². The van der Waals surface area contributed by atoms with Gasteiger partial charge >= 0.3 is 5.97 Å². The van der Waals surface area contributed by atoms with Crippen LogP contribution in [0.4, 0.5) is 5.69 Å². The smallest absolute Gasteiger partial charge is 0.354 e. The summed E-state index contributed by atoms with van der Waals surface area (Å²) < 4.78 is 5.46. The maximum Gasteiger partial charge on any atom is 0.354 e. The van der Waals surface area contributed by atoms with E-state index in [-0.39, 0.29) is 42.4 Å². The van der Waals surface area contributed by atoms with Crippen molar-refractivity contribution in [2.24, 2.45) is 11.8 Å². The number of ether oxygens (including phenoxy) is 1. The number of carbonyl (C=O) groups is 4. The molecule has 2 aliphatic heterocycles. The lowest BCUT2D eigenvalue weighted by Crippen LogP contribution is -2.67. The normalized spacial score (nSPS) is 20.2. The van der Waals surface area contributed by atoms with Crippen molar-refractivity contribution in [1.82, 2.24) is 9.80 Å². The maximum atomic E-state index is 13.3. The Bertz CT molecular complexity index is 887. The molecule has 3 rings (SSSR count). The Morgan fingerprint density at radius 1 is 1.10 bits per heavy atom. The molecule has 0 aromatic heterocycles. The first-order chi connectivity index (χ1) is 14.6. The Morgan fingerprint density at radius 3 is 2.32 bits per heavy atom. The first-order valence-corrected chi connectivity index (χ1v) is 10.7. The number of nitrogens with zero attached hydrogens (tertiary/aromatic N) is 3. The Morgan fingerprint density at radius 2 is 1.71 bits per heavy atom. The molecule has 168 valence electrons. The number of likely N-dealkylation sites (N-methyl/N-ethyl adjacent to an activating group) is 1. The molecule has 2 aliphatic rings. The van der Waals surface area contributed by atoms with E-state index in [0.717, 1.165) is 0 Å². The number of hydrogen-bond donors (Lipinski definition) is 0. The third kappa shape index (κ3) is 4.03. The summed E-state index contributed by atoms with van der Waals surface area (Å²) in [5, 5.41) is 0. The van der Waals surface area contributed by atoms with Crippen molar-refractivity contribution in [3.8, 4) is 0 Å². The van der Waals surface area contributed by atoms with Gasteiger partial charge in [-0.2, -0.15) is 0 Å². The zero-order valence-corrected chi connectivity index (χ0v) is 18.9. The van der Waals surface area contributed by atoms with Gasteiger partial charge in [0.2, 0.25) is 11.6 Å². The van der Waals surface area contributed by atoms with Gasteiger partial charge in [-0.3, -0.25) is 19.3 Å². The average molecular weight is 430 g/mol. The molecule has 0 saturated carbocycles. The number of carbonyl (C=O) groups excluding carboxylic acids is 4. The van der Waals surface area contributed by atoms with E-state index in [0.29, 0.717) is 24.3 Å². The molecule has 0 N–H and O–H groups in total. The van der Waals surface area contributed by atoms with Crippen molar-refractivity contribution in [3.63, 3.8) is 0 Å². The topological polar surface area (TPSA) is 87.2 Å². The van der Waals surface area contributed by atoms with E-state index < -0.39 is 18.2 Å². The lowest BCUT2D eigenvalue weighted by atomic mass is 9.97. The van der Waals surface area contributed by atoms with Gasteiger partial charge in [0, 0.05) is 33.0 Å². The molecule has 1 atom stereocenters. The molecule has 0 aliphatic carbocycles. The number of fused-ring (bicyclic) bond motifs is 3. The van der Waals surface area contributed by atoms with E-state index in [1.54, 1.807) is 29.2 Å². The summed E-state index contributed by atoms with van der Waals surface area (Å²) in [5.74, 6) is -1.10. The van der Waals surface area contributed by atoms with Crippen molar-refractivity contribution >= 4 is 29.4 Å². The van der Waals surface area contributed by atoms with Gasteiger partial charge in [-0.15, -0.1) is 0 Å². The monoisotopic (exact) mass is 429 g/mol. The van der Waals surface area contributed by atoms with E-state index in [1.807, 2.05) is 27.7 Å². The van der Waals surface area contributed by atoms with Gasteiger partial charge in [-0.05, 0) is 24.0 Å². The molecule has 1 aromatic carbocycles. The molecule has 8 heteroatoms. The van der Waals surface area contributed by atoms with Crippen molar-refractivity contribution < 1.29 is 23.9 Å². The predicted molar refractivity (Wildman–Crippen MR) is 115 cm³/mol. The van der Waals surface area contributed by atoms with Crippen molar-refractivity contribution in [1.29, 1.82) is 0 Å². The second kappa shape index (κ2) is 8.69. The minimum Gasteiger partial charge on any atom is -0.452 e. The van der Waals surface area contributed by atoms with Crippen LogP contribution >= 0.6 is 0 Å². The molecule has 3 amide bonds. The van der Waals surface area contributed by atoms with Crippen LogP contribution < -0.4 is 4.90 Å². The highest BCUT2D eigenvalue weighted by Crippen LogP contribution is 2.44. The molecule has 0 unspecified atom stereocenters. The summed E-state index contributed by atoms with van der Waals surface area (Å²) in [6, 6.07) is 6.73. The molecule has 0 radical (unpaired) electrons. The van der Waals surface area contributed by atoms with Gasteiger partial charge in [0.05, 0.1) is 11.3 Å². The molecule has 1 fully saturated rings. The molecule has 0 bridgehead atoms. The largest absolute Gasteiger partial charge is 0.452 e. The molecule has 1 saturated heterocycles. The number of hydrogen-bond acceptors (Lipinski definition) is 5. The zero-order chi connectivity index (χ0) is 22.9. The second-order valence-electron chi connectivity index (χ2n) is 9.09. The molecule has 8 nitrogen and oxygen atoms in total. The van der Waals surface area contributed by atoms with Crippen molar-refractivity contribution in [2.45, 2.75) is 46.2 Å². The van der Waals surface area contributed by atoms with Gasteiger partial charge < -0.3 is 14.5 Å². The Balaban J connectivity index is 1.84. The highest BCUT2D eigenvalue weighted by Gasteiger charge is 2.60. The summed E-state index contributed by atoms with van der Waals surface area (Å²) in [6.07, 6.45) is 0.235. The van der Waals surface area contributed by atoms with Gasteiger partial charge in [-0.1, -0.05) is 39.8 Å². The van der Waals surface area contributed by atoms with E-state index >= 15 is 0 Å². The summed E-state index contributed by atoms with van der Waals surface area (Å²) in [4.78, 5) is 56.1. The maximum absolute atomic E-state index is 13.3. The fraction of sp³-hybridized carbons (Fsp3) is 0.565. The molecular formula is C23H31N3O5. The van der Waals surface area contributed by atoms with E-state index in [4.69, 9.17) is 4.74 Å². The first kappa shape index (κ1) is 22.8. The van der Waals surface area contributed by atoms with Crippen LogP contribution in [0.2, 0.25) is 0 Å². The van der Waals surface area contributed by atoms with Crippen LogP contribution in [0.15, 0.2) is 24.3 Å². The van der Waals surface area contributed by atoms with Gasteiger partial charge in [0.15, 0.2) is 6.61 Å². The predicted octanol–water partition coefficient (Wildman–Crippen LogP) is 2.28. The third-order valence-electron chi connectivity index (χ3n) is 5.72. The highest BCUT2D eigenvalue weighted by atomic mass is 16.5. The summed E-state index contributed by atoms with van der Waals surface area (Å²) in [7, 11) is 1.50. The second-order valence-corrected chi connectivity index (χ2v) is 9.09. The minimum atomic E-state index is -1.57. The summed E-state index contributed by atoms with van der Waals surface area (Å²) >= 11 is 0. The Kier molecular flexibility index (Phi) is 6.38. The van der Waals surface area contributed by atoms with Crippen LogP contribution in [0.25, 0.3) is 0 Å². The van der Waals surface area contributed by atoms with Crippen molar-refractivity contribution in [2.75, 3.05) is 31.6 Å². The van der Waals surface area contributed by atoms with Gasteiger partial charge in [0.1, 0.15) is 0 Å². The zero-order valence-electron chi connectivity index (χ0n) is 18.9. The Labute approximate surface area is 183 Å². The Hall–Kier alpha value is -2.90. The van der Waals surface area contributed by atoms with Crippen LogP contribution in [0.1, 0.15) is 50.9 Å². The lowest BCUT2D eigenvalue weighted by Gasteiger charge is -2.46. The number of amides is 3. The quantitative estimate of drug-likeness (QED) is 0.621. The van der Waals surface area contributed by atoms with Gasteiger partial charge in [0.25, 0.3) is 11.8 Å². The van der Waals surface area contributed by atoms with Crippen LogP contribution in [-0.2, 0) is 19.1 Å². The van der Waals surface area contributed by atoms with Crippen LogP contribution in [0.5, 0.6) is 0 Å². The third-order valence-corrected chi connectivity index (χ3v) is 5.72. The van der Waals surface area contributed by atoms with E-state index in [9.17, 15) is 19.2 Å². The van der Waals surface area contributed by atoms with Gasteiger partial charge in [-0.25, -0.2) is 4.79 Å². The molecule has 2 heterocycles. The number of anilines is 1. The van der Waals surface area contributed by atoms with E-state index in [2.05, 4.69) is 0 Å². The summed E-state index contributed by atoms with van der Waals surface area (Å²) in [5.41, 5.74) is -0.804. The number of rotatable bonds is 7. The SMILES string of the molecule is CC(C)CN(CC(C)C)C(=O)COC(=O)[C@@]12CCC(=O)N1c1ccccc1C(=O)N2C. The lowest BCUT2D eigenvalue weighted by molar-refractivity contribution is -0.161. The molecular weight excluding hydrogens is 398 g/mol. The molecule has 1 aromatic rings. The number of esters is 1. The summed E-state index contributed by atoms with van der Waals surface area (Å²) in [6.45, 7) is 8.79. The number of benzene rings is 1. The van der Waals surface area contributed by atoms with E-state index in [1.165, 1.54) is 16.8 Å².